The van der Waals surface area contributed by atoms with E-state index in [4.69, 9.17) is 55.9 Å². The van der Waals surface area contributed by atoms with Crippen molar-refractivity contribution >= 4 is 64.0 Å². The SMILES string of the molecule is O=C(COC(=O)COc1ccc(Cl)cc1Cl)Nc1cccc(Cl)c1Cl. The molecule has 1 amide bonds. The van der Waals surface area contributed by atoms with Gasteiger partial charge in [0, 0.05) is 5.02 Å². The molecule has 9 heteroatoms. The van der Waals surface area contributed by atoms with Crippen molar-refractivity contribution in [3.05, 3.63) is 56.5 Å². The van der Waals surface area contributed by atoms with Crippen molar-refractivity contribution in [1.29, 1.82) is 0 Å². The van der Waals surface area contributed by atoms with Gasteiger partial charge in [-0.05, 0) is 30.3 Å². The molecule has 25 heavy (non-hydrogen) atoms. The van der Waals surface area contributed by atoms with Crippen LogP contribution >= 0.6 is 46.4 Å². The largest absolute Gasteiger partial charge is 0.480 e. The fourth-order valence-corrected chi connectivity index (χ4v) is 2.51. The summed E-state index contributed by atoms with van der Waals surface area (Å²) in [5, 5.41) is 3.68. The van der Waals surface area contributed by atoms with Crippen LogP contribution < -0.4 is 10.1 Å². The molecule has 2 rings (SSSR count). The zero-order chi connectivity index (χ0) is 18.4. The minimum absolute atomic E-state index is 0.199. The molecule has 0 aliphatic carbocycles. The zero-order valence-electron chi connectivity index (χ0n) is 12.5. The van der Waals surface area contributed by atoms with Gasteiger partial charge in [-0.15, -0.1) is 0 Å². The lowest BCUT2D eigenvalue weighted by Crippen LogP contribution is -2.23. The van der Waals surface area contributed by atoms with Crippen molar-refractivity contribution in [3.8, 4) is 5.75 Å². The first-order valence-electron chi connectivity index (χ1n) is 6.84. The predicted molar refractivity (Wildman–Crippen MR) is 98.0 cm³/mol. The Hall–Kier alpha value is -1.66. The number of benzene rings is 2. The quantitative estimate of drug-likeness (QED) is 0.675. The van der Waals surface area contributed by atoms with E-state index < -0.39 is 25.1 Å². The van der Waals surface area contributed by atoms with Crippen LogP contribution in [0, 0.1) is 0 Å². The lowest BCUT2D eigenvalue weighted by atomic mass is 10.3. The maximum atomic E-state index is 11.8. The molecule has 0 radical (unpaired) electrons. The number of carbonyl (C=O) groups is 2. The average Bonchev–Trinajstić information content (AvgIpc) is 2.56. The van der Waals surface area contributed by atoms with Crippen molar-refractivity contribution in [1.82, 2.24) is 0 Å². The first-order valence-corrected chi connectivity index (χ1v) is 8.35. The highest BCUT2D eigenvalue weighted by atomic mass is 35.5. The van der Waals surface area contributed by atoms with E-state index in [0.29, 0.717) is 15.7 Å². The normalized spacial score (nSPS) is 10.2. The molecule has 2 aromatic carbocycles. The second-order valence-corrected chi connectivity index (χ2v) is 6.30. The van der Waals surface area contributed by atoms with Crippen LogP contribution in [0.25, 0.3) is 0 Å². The number of rotatable bonds is 6. The maximum Gasteiger partial charge on any atom is 0.344 e. The van der Waals surface area contributed by atoms with Crippen LogP contribution in [-0.2, 0) is 14.3 Å². The van der Waals surface area contributed by atoms with Crippen LogP contribution in [0.15, 0.2) is 36.4 Å². The molecule has 0 aromatic heterocycles. The maximum absolute atomic E-state index is 11.8. The highest BCUT2D eigenvalue weighted by Gasteiger charge is 2.12. The van der Waals surface area contributed by atoms with E-state index in [1.54, 1.807) is 24.3 Å². The molecule has 2 aromatic rings. The summed E-state index contributed by atoms with van der Waals surface area (Å²) in [5.41, 5.74) is 0.319. The molecule has 0 atom stereocenters. The van der Waals surface area contributed by atoms with E-state index in [2.05, 4.69) is 5.32 Å². The van der Waals surface area contributed by atoms with Crippen LogP contribution in [0.2, 0.25) is 20.1 Å². The topological polar surface area (TPSA) is 64.6 Å². The van der Waals surface area contributed by atoms with Gasteiger partial charge in [-0.25, -0.2) is 4.79 Å². The number of carbonyl (C=O) groups excluding carboxylic acids is 2. The smallest absolute Gasteiger partial charge is 0.344 e. The lowest BCUT2D eigenvalue weighted by Gasteiger charge is -2.10. The van der Waals surface area contributed by atoms with Gasteiger partial charge in [-0.3, -0.25) is 4.79 Å². The number of hydrogen-bond acceptors (Lipinski definition) is 4. The molecule has 5 nitrogen and oxygen atoms in total. The van der Waals surface area contributed by atoms with Gasteiger partial charge in [0.1, 0.15) is 5.75 Å². The Bertz CT molecular complexity index is 798. The Morgan fingerprint density at radius 2 is 1.72 bits per heavy atom. The van der Waals surface area contributed by atoms with Crippen LogP contribution in [-0.4, -0.2) is 25.1 Å². The minimum Gasteiger partial charge on any atom is -0.480 e. The second-order valence-electron chi connectivity index (χ2n) is 4.67. The Balaban J connectivity index is 1.79. The molecule has 0 aliphatic heterocycles. The molecule has 0 spiro atoms. The Morgan fingerprint density at radius 3 is 2.44 bits per heavy atom. The predicted octanol–water partition coefficient (Wildman–Crippen LogP) is 4.86. The summed E-state index contributed by atoms with van der Waals surface area (Å²) < 4.78 is 10.0. The first-order chi connectivity index (χ1) is 11.9. The summed E-state index contributed by atoms with van der Waals surface area (Å²) in [6.07, 6.45) is 0. The number of esters is 1. The number of hydrogen-bond donors (Lipinski definition) is 1. The van der Waals surface area contributed by atoms with Gasteiger partial charge in [0.2, 0.25) is 0 Å². The summed E-state index contributed by atoms with van der Waals surface area (Å²) >= 11 is 23.5. The summed E-state index contributed by atoms with van der Waals surface area (Å²) in [4.78, 5) is 23.4. The Labute approximate surface area is 163 Å². The number of halogens is 4. The molecular formula is C16H11Cl4NO4. The lowest BCUT2D eigenvalue weighted by molar-refractivity contribution is -0.149. The van der Waals surface area contributed by atoms with Gasteiger partial charge >= 0.3 is 5.97 Å². The zero-order valence-corrected chi connectivity index (χ0v) is 15.5. The highest BCUT2D eigenvalue weighted by molar-refractivity contribution is 6.44. The monoisotopic (exact) mass is 421 g/mol. The van der Waals surface area contributed by atoms with Crippen molar-refractivity contribution in [2.75, 3.05) is 18.5 Å². The van der Waals surface area contributed by atoms with E-state index in [-0.39, 0.29) is 15.8 Å². The van der Waals surface area contributed by atoms with Gasteiger partial charge in [0.25, 0.3) is 5.91 Å². The number of anilines is 1. The van der Waals surface area contributed by atoms with Crippen molar-refractivity contribution in [3.63, 3.8) is 0 Å². The van der Waals surface area contributed by atoms with Crippen molar-refractivity contribution in [2.45, 2.75) is 0 Å². The molecule has 132 valence electrons. The van der Waals surface area contributed by atoms with Gasteiger partial charge in [-0.2, -0.15) is 0 Å². The third kappa shape index (κ3) is 5.97. The number of ether oxygens (including phenoxy) is 2. The van der Waals surface area contributed by atoms with Crippen molar-refractivity contribution in [2.24, 2.45) is 0 Å². The van der Waals surface area contributed by atoms with Crippen LogP contribution in [0.3, 0.4) is 0 Å². The van der Waals surface area contributed by atoms with Crippen LogP contribution in [0.4, 0.5) is 5.69 Å². The van der Waals surface area contributed by atoms with Gasteiger partial charge in [-0.1, -0.05) is 52.5 Å². The van der Waals surface area contributed by atoms with E-state index in [0.717, 1.165) is 0 Å². The molecule has 0 bridgehead atoms. The summed E-state index contributed by atoms with van der Waals surface area (Å²) in [7, 11) is 0. The fourth-order valence-electron chi connectivity index (χ4n) is 1.70. The fraction of sp³-hybridized carbons (Fsp3) is 0.125. The minimum atomic E-state index is -0.738. The highest BCUT2D eigenvalue weighted by Crippen LogP contribution is 2.29. The molecule has 0 heterocycles. The molecule has 0 fully saturated rings. The first kappa shape index (κ1) is 19.7. The summed E-state index contributed by atoms with van der Waals surface area (Å²) in [6.45, 7) is -0.911. The van der Waals surface area contributed by atoms with E-state index in [9.17, 15) is 9.59 Å². The molecular weight excluding hydrogens is 412 g/mol. The molecule has 0 saturated heterocycles. The molecule has 1 N–H and O–H groups in total. The average molecular weight is 423 g/mol. The molecule has 0 unspecified atom stereocenters. The van der Waals surface area contributed by atoms with Crippen molar-refractivity contribution < 1.29 is 19.1 Å². The molecule has 0 saturated carbocycles. The third-order valence-electron chi connectivity index (χ3n) is 2.83. The van der Waals surface area contributed by atoms with E-state index in [1.165, 1.54) is 12.1 Å². The number of amides is 1. The van der Waals surface area contributed by atoms with Gasteiger partial charge in [0.15, 0.2) is 13.2 Å². The van der Waals surface area contributed by atoms with Gasteiger partial charge in [0.05, 0.1) is 20.8 Å². The van der Waals surface area contributed by atoms with Gasteiger partial charge < -0.3 is 14.8 Å². The summed E-state index contributed by atoms with van der Waals surface area (Å²) in [5.74, 6) is -1.03. The second kappa shape index (κ2) is 9.15. The number of nitrogens with one attached hydrogen (secondary N) is 1. The van der Waals surface area contributed by atoms with E-state index in [1.807, 2.05) is 0 Å². The van der Waals surface area contributed by atoms with E-state index >= 15 is 0 Å². The van der Waals surface area contributed by atoms with Crippen LogP contribution in [0.5, 0.6) is 5.75 Å². The van der Waals surface area contributed by atoms with Crippen LogP contribution in [0.1, 0.15) is 0 Å². The Morgan fingerprint density at radius 1 is 0.960 bits per heavy atom. The standard InChI is InChI=1S/C16H11Cl4NO4/c17-9-4-5-13(11(19)6-9)24-8-15(23)25-7-14(22)21-12-3-1-2-10(18)16(12)20/h1-6H,7-8H2,(H,21,22). The third-order valence-corrected chi connectivity index (χ3v) is 4.18. The Kier molecular flexibility index (Phi) is 7.20. The molecule has 0 aliphatic rings. The summed E-state index contributed by atoms with van der Waals surface area (Å²) in [6, 6.07) is 9.34.